The van der Waals surface area contributed by atoms with Gasteiger partial charge in [0.15, 0.2) is 0 Å². The molecule has 68 valence electrons. The summed E-state index contributed by atoms with van der Waals surface area (Å²) in [4.78, 5) is 11.0. The highest BCUT2D eigenvalue weighted by Crippen LogP contribution is 1.90. The van der Waals surface area contributed by atoms with Crippen LogP contribution in [0.15, 0.2) is 0 Å². The van der Waals surface area contributed by atoms with E-state index in [4.69, 9.17) is 11.0 Å². The van der Waals surface area contributed by atoms with Gasteiger partial charge < -0.3 is 11.1 Å². The molecule has 1 amide bonds. The lowest BCUT2D eigenvalue weighted by atomic mass is 10.2. The van der Waals surface area contributed by atoms with Gasteiger partial charge in [-0.3, -0.25) is 4.79 Å². The predicted octanol–water partition coefficient (Wildman–Crippen LogP) is -0.000420. The third-order valence-corrected chi connectivity index (χ3v) is 1.58. The van der Waals surface area contributed by atoms with E-state index in [1.165, 1.54) is 0 Å². The molecule has 0 rings (SSSR count). The lowest BCUT2D eigenvalue weighted by molar-refractivity contribution is -0.122. The minimum absolute atomic E-state index is 0.155. The number of amides is 1. The Balaban J connectivity index is 3.65. The van der Waals surface area contributed by atoms with Crippen LogP contribution in [0.5, 0.6) is 0 Å². The van der Waals surface area contributed by atoms with Gasteiger partial charge >= 0.3 is 0 Å². The third-order valence-electron chi connectivity index (χ3n) is 1.58. The summed E-state index contributed by atoms with van der Waals surface area (Å²) >= 11 is 0. The number of hydrogen-bond donors (Lipinski definition) is 2. The van der Waals surface area contributed by atoms with Crippen molar-refractivity contribution in [1.82, 2.24) is 5.32 Å². The zero-order valence-corrected chi connectivity index (χ0v) is 7.50. The minimum Gasteiger partial charge on any atom is -0.353 e. The molecule has 0 fully saturated rings. The Bertz CT molecular complexity index is 185. The van der Waals surface area contributed by atoms with Gasteiger partial charge in [-0.15, -0.1) is 0 Å². The maximum atomic E-state index is 11.0. The zero-order chi connectivity index (χ0) is 9.56. The first-order valence-electron chi connectivity index (χ1n) is 4.04. The second kappa shape index (κ2) is 5.56. The SMILES string of the molecule is CC[C@@H](N)C(=O)NCC(C)C#N. The zero-order valence-electron chi connectivity index (χ0n) is 7.50. The largest absolute Gasteiger partial charge is 0.353 e. The first kappa shape index (κ1) is 10.9. The molecule has 0 aromatic heterocycles. The molecular formula is C8H15N3O. The van der Waals surface area contributed by atoms with E-state index >= 15 is 0 Å². The normalized spacial score (nSPS) is 14.5. The Hall–Kier alpha value is -1.08. The molecule has 2 atom stereocenters. The molecule has 4 nitrogen and oxygen atoms in total. The molecule has 0 aliphatic carbocycles. The third kappa shape index (κ3) is 3.94. The van der Waals surface area contributed by atoms with Crippen LogP contribution in [-0.2, 0) is 4.79 Å². The molecule has 0 aromatic carbocycles. The van der Waals surface area contributed by atoms with E-state index < -0.39 is 6.04 Å². The Labute approximate surface area is 72.7 Å². The topological polar surface area (TPSA) is 78.9 Å². The van der Waals surface area contributed by atoms with Gasteiger partial charge in [0.2, 0.25) is 5.91 Å². The van der Waals surface area contributed by atoms with Crippen LogP contribution < -0.4 is 11.1 Å². The summed E-state index contributed by atoms with van der Waals surface area (Å²) < 4.78 is 0. The molecule has 0 saturated carbocycles. The van der Waals surface area contributed by atoms with Gasteiger partial charge in [-0.1, -0.05) is 6.92 Å². The van der Waals surface area contributed by atoms with Crippen molar-refractivity contribution in [3.63, 3.8) is 0 Å². The standard InChI is InChI=1S/C8H15N3O/c1-3-7(10)8(12)11-5-6(2)4-9/h6-7H,3,5,10H2,1-2H3,(H,11,12)/t6?,7-/m1/s1. The van der Waals surface area contributed by atoms with Crippen LogP contribution in [0.4, 0.5) is 0 Å². The van der Waals surface area contributed by atoms with Crippen LogP contribution in [0.25, 0.3) is 0 Å². The molecule has 0 aliphatic heterocycles. The molecule has 0 bridgehead atoms. The van der Waals surface area contributed by atoms with Gasteiger partial charge in [0.1, 0.15) is 0 Å². The number of carbonyl (C=O) groups excluding carboxylic acids is 1. The summed E-state index contributed by atoms with van der Waals surface area (Å²) in [5.41, 5.74) is 5.45. The summed E-state index contributed by atoms with van der Waals surface area (Å²) in [6.45, 7) is 3.97. The van der Waals surface area contributed by atoms with Crippen LogP contribution in [0.3, 0.4) is 0 Å². The molecule has 0 saturated heterocycles. The van der Waals surface area contributed by atoms with Crippen molar-refractivity contribution in [3.05, 3.63) is 0 Å². The van der Waals surface area contributed by atoms with Gasteiger partial charge in [0.25, 0.3) is 0 Å². The summed E-state index contributed by atoms with van der Waals surface area (Å²) in [5, 5.41) is 11.0. The highest BCUT2D eigenvalue weighted by Gasteiger charge is 2.10. The van der Waals surface area contributed by atoms with E-state index in [1.54, 1.807) is 6.92 Å². The maximum Gasteiger partial charge on any atom is 0.236 e. The fourth-order valence-corrected chi connectivity index (χ4v) is 0.616. The van der Waals surface area contributed by atoms with Gasteiger partial charge in [0, 0.05) is 6.54 Å². The molecule has 0 aliphatic rings. The van der Waals surface area contributed by atoms with Crippen molar-refractivity contribution in [2.45, 2.75) is 26.3 Å². The summed E-state index contributed by atoms with van der Waals surface area (Å²) in [6.07, 6.45) is 0.618. The number of hydrogen-bond acceptors (Lipinski definition) is 3. The van der Waals surface area contributed by atoms with Crippen molar-refractivity contribution in [2.24, 2.45) is 11.7 Å². The van der Waals surface area contributed by atoms with Gasteiger partial charge in [0.05, 0.1) is 18.0 Å². The van der Waals surface area contributed by atoms with E-state index in [1.807, 2.05) is 13.0 Å². The fourth-order valence-electron chi connectivity index (χ4n) is 0.616. The number of nitriles is 1. The lowest BCUT2D eigenvalue weighted by Crippen LogP contribution is -2.41. The van der Waals surface area contributed by atoms with Crippen LogP contribution in [0, 0.1) is 17.2 Å². The lowest BCUT2D eigenvalue weighted by Gasteiger charge is -2.10. The van der Waals surface area contributed by atoms with Crippen LogP contribution in [0.2, 0.25) is 0 Å². The highest BCUT2D eigenvalue weighted by atomic mass is 16.2. The molecule has 0 heterocycles. The molecule has 0 aromatic rings. The molecule has 12 heavy (non-hydrogen) atoms. The minimum atomic E-state index is -0.448. The average molecular weight is 169 g/mol. The predicted molar refractivity (Wildman–Crippen MR) is 46.1 cm³/mol. The van der Waals surface area contributed by atoms with Crippen LogP contribution >= 0.6 is 0 Å². The maximum absolute atomic E-state index is 11.0. The quantitative estimate of drug-likeness (QED) is 0.621. The first-order valence-corrected chi connectivity index (χ1v) is 4.04. The highest BCUT2D eigenvalue weighted by molar-refractivity contribution is 5.81. The van der Waals surface area contributed by atoms with Gasteiger partial charge in [-0.05, 0) is 13.3 Å². The van der Waals surface area contributed by atoms with E-state index in [2.05, 4.69) is 5.32 Å². The Morgan fingerprint density at radius 1 is 1.75 bits per heavy atom. The van der Waals surface area contributed by atoms with E-state index in [0.717, 1.165) is 0 Å². The fraction of sp³-hybridized carbons (Fsp3) is 0.750. The van der Waals surface area contributed by atoms with Crippen LogP contribution in [-0.4, -0.2) is 18.5 Å². The van der Waals surface area contributed by atoms with Crippen molar-refractivity contribution in [1.29, 1.82) is 5.26 Å². The van der Waals surface area contributed by atoms with E-state index in [9.17, 15) is 4.79 Å². The monoisotopic (exact) mass is 169 g/mol. The Morgan fingerprint density at radius 3 is 2.75 bits per heavy atom. The summed E-state index contributed by atoms with van der Waals surface area (Å²) in [7, 11) is 0. The van der Waals surface area contributed by atoms with Crippen LogP contribution in [0.1, 0.15) is 20.3 Å². The first-order chi connectivity index (χ1) is 5.61. The average Bonchev–Trinajstić information content (AvgIpc) is 2.11. The van der Waals surface area contributed by atoms with Gasteiger partial charge in [-0.2, -0.15) is 5.26 Å². The van der Waals surface area contributed by atoms with Crippen molar-refractivity contribution >= 4 is 5.91 Å². The van der Waals surface area contributed by atoms with Crippen molar-refractivity contribution in [2.75, 3.05) is 6.54 Å². The number of nitrogens with two attached hydrogens (primary N) is 1. The van der Waals surface area contributed by atoms with Crippen molar-refractivity contribution < 1.29 is 4.79 Å². The Kier molecular flexibility index (Phi) is 5.06. The number of rotatable bonds is 4. The van der Waals surface area contributed by atoms with E-state index in [-0.39, 0.29) is 11.8 Å². The molecule has 0 spiro atoms. The molecular weight excluding hydrogens is 154 g/mol. The molecule has 0 radical (unpaired) electrons. The van der Waals surface area contributed by atoms with E-state index in [0.29, 0.717) is 13.0 Å². The van der Waals surface area contributed by atoms with Crippen molar-refractivity contribution in [3.8, 4) is 6.07 Å². The summed E-state index contributed by atoms with van der Waals surface area (Å²) in [6, 6.07) is 1.57. The summed E-state index contributed by atoms with van der Waals surface area (Å²) in [5.74, 6) is -0.336. The Morgan fingerprint density at radius 2 is 2.33 bits per heavy atom. The number of carbonyl (C=O) groups is 1. The molecule has 1 unspecified atom stereocenters. The second-order valence-electron chi connectivity index (χ2n) is 2.79. The molecule has 4 heteroatoms. The molecule has 3 N–H and O–H groups in total. The van der Waals surface area contributed by atoms with Gasteiger partial charge in [-0.25, -0.2) is 0 Å². The number of nitrogens with zero attached hydrogens (tertiary/aromatic N) is 1. The second-order valence-corrected chi connectivity index (χ2v) is 2.79. The smallest absolute Gasteiger partial charge is 0.236 e. The number of nitrogens with one attached hydrogen (secondary N) is 1.